The monoisotopic (exact) mass is 245 g/mol. The second-order valence-corrected chi connectivity index (χ2v) is 3.81. The van der Waals surface area contributed by atoms with E-state index in [2.05, 4.69) is 11.2 Å². The number of benzene rings is 1. The van der Waals surface area contributed by atoms with Gasteiger partial charge >= 0.3 is 5.97 Å². The second-order valence-electron chi connectivity index (χ2n) is 3.81. The summed E-state index contributed by atoms with van der Waals surface area (Å²) in [4.78, 5) is 22.0. The van der Waals surface area contributed by atoms with Gasteiger partial charge in [0.25, 0.3) is 0 Å². The minimum Gasteiger partial charge on any atom is -0.478 e. The largest absolute Gasteiger partial charge is 0.478 e. The number of carbonyl (C=O) groups is 2. The molecule has 1 aromatic carbocycles. The molecule has 2 N–H and O–H groups in total. The first-order valence-electron chi connectivity index (χ1n) is 5.66. The number of carbonyl (C=O) groups excluding carboxylic acids is 1. The standard InChI is InChI=1S/C14H15NO3/c1-2-3-7-13(16)15-9-8-11-5-4-6-12(10-11)14(17)18/h1,4-6,10H,3,7-9H2,(H,15,16)(H,17,18). The number of carboxylic acids is 1. The van der Waals surface area contributed by atoms with Crippen LogP contribution in [0, 0.1) is 12.3 Å². The zero-order valence-electron chi connectivity index (χ0n) is 9.98. The third-order valence-electron chi connectivity index (χ3n) is 2.41. The number of hydrogen-bond donors (Lipinski definition) is 2. The van der Waals surface area contributed by atoms with Crippen LogP contribution in [0.15, 0.2) is 24.3 Å². The van der Waals surface area contributed by atoms with Gasteiger partial charge in [-0.15, -0.1) is 12.3 Å². The Morgan fingerprint density at radius 2 is 2.17 bits per heavy atom. The molecule has 1 aromatic rings. The van der Waals surface area contributed by atoms with Crippen molar-refractivity contribution in [3.63, 3.8) is 0 Å². The third-order valence-corrected chi connectivity index (χ3v) is 2.41. The molecule has 0 radical (unpaired) electrons. The van der Waals surface area contributed by atoms with Gasteiger partial charge in [0.1, 0.15) is 0 Å². The highest BCUT2D eigenvalue weighted by Gasteiger charge is 2.04. The SMILES string of the molecule is C#CCCC(=O)NCCc1cccc(C(=O)O)c1. The van der Waals surface area contributed by atoms with Crippen LogP contribution in [0.25, 0.3) is 0 Å². The average molecular weight is 245 g/mol. The van der Waals surface area contributed by atoms with Crippen molar-refractivity contribution in [3.05, 3.63) is 35.4 Å². The summed E-state index contributed by atoms with van der Waals surface area (Å²) in [6.45, 7) is 0.479. The van der Waals surface area contributed by atoms with E-state index < -0.39 is 5.97 Å². The smallest absolute Gasteiger partial charge is 0.335 e. The normalized spacial score (nSPS) is 9.50. The topological polar surface area (TPSA) is 66.4 Å². The zero-order chi connectivity index (χ0) is 13.4. The summed E-state index contributed by atoms with van der Waals surface area (Å²) in [5, 5.41) is 11.6. The van der Waals surface area contributed by atoms with Gasteiger partial charge in [-0.1, -0.05) is 12.1 Å². The van der Waals surface area contributed by atoms with Gasteiger partial charge in [0.15, 0.2) is 0 Å². The van der Waals surface area contributed by atoms with Gasteiger partial charge in [-0.2, -0.15) is 0 Å². The molecule has 0 atom stereocenters. The summed E-state index contributed by atoms with van der Waals surface area (Å²) >= 11 is 0. The van der Waals surface area contributed by atoms with E-state index in [-0.39, 0.29) is 11.5 Å². The fourth-order valence-electron chi connectivity index (χ4n) is 1.48. The highest BCUT2D eigenvalue weighted by molar-refractivity contribution is 5.87. The number of aromatic carboxylic acids is 1. The van der Waals surface area contributed by atoms with Gasteiger partial charge in [0, 0.05) is 19.4 Å². The Kier molecular flexibility index (Phi) is 5.46. The van der Waals surface area contributed by atoms with Crippen molar-refractivity contribution in [2.75, 3.05) is 6.54 Å². The molecule has 0 saturated heterocycles. The molecule has 0 fully saturated rings. The first-order chi connectivity index (χ1) is 8.63. The Hall–Kier alpha value is -2.28. The predicted molar refractivity (Wildman–Crippen MR) is 68.2 cm³/mol. The Morgan fingerprint density at radius 3 is 2.83 bits per heavy atom. The molecule has 0 aliphatic rings. The van der Waals surface area contributed by atoms with Crippen LogP contribution in [0.3, 0.4) is 0 Å². The van der Waals surface area contributed by atoms with E-state index >= 15 is 0 Å². The quantitative estimate of drug-likeness (QED) is 0.745. The van der Waals surface area contributed by atoms with Crippen LogP contribution in [-0.4, -0.2) is 23.5 Å². The van der Waals surface area contributed by atoms with Crippen molar-refractivity contribution in [2.45, 2.75) is 19.3 Å². The van der Waals surface area contributed by atoms with Crippen LogP contribution in [0.2, 0.25) is 0 Å². The highest BCUT2D eigenvalue weighted by Crippen LogP contribution is 2.05. The number of amides is 1. The first kappa shape index (κ1) is 13.8. The van der Waals surface area contributed by atoms with Gasteiger partial charge in [0.2, 0.25) is 5.91 Å². The predicted octanol–water partition coefficient (Wildman–Crippen LogP) is 1.46. The van der Waals surface area contributed by atoms with Crippen molar-refractivity contribution in [3.8, 4) is 12.3 Å². The number of nitrogens with one attached hydrogen (secondary N) is 1. The van der Waals surface area contributed by atoms with Gasteiger partial charge in [0.05, 0.1) is 5.56 Å². The maximum Gasteiger partial charge on any atom is 0.335 e. The maximum atomic E-state index is 11.3. The van der Waals surface area contributed by atoms with Crippen LogP contribution >= 0.6 is 0 Å². The van der Waals surface area contributed by atoms with Crippen LogP contribution in [-0.2, 0) is 11.2 Å². The fourth-order valence-corrected chi connectivity index (χ4v) is 1.48. The number of hydrogen-bond acceptors (Lipinski definition) is 2. The molecule has 0 aliphatic heterocycles. The lowest BCUT2D eigenvalue weighted by Crippen LogP contribution is -2.25. The second kappa shape index (κ2) is 7.13. The molecule has 1 rings (SSSR count). The molecule has 94 valence electrons. The summed E-state index contributed by atoms with van der Waals surface area (Å²) < 4.78 is 0. The van der Waals surface area contributed by atoms with Crippen LogP contribution in [0.1, 0.15) is 28.8 Å². The molecule has 0 aliphatic carbocycles. The molecular weight excluding hydrogens is 230 g/mol. The van der Waals surface area contributed by atoms with Crippen LogP contribution in [0.5, 0.6) is 0 Å². The third kappa shape index (κ3) is 4.71. The van der Waals surface area contributed by atoms with E-state index in [1.165, 1.54) is 6.07 Å². The van der Waals surface area contributed by atoms with Gasteiger partial charge in [-0.25, -0.2) is 4.79 Å². The lowest BCUT2D eigenvalue weighted by molar-refractivity contribution is -0.120. The highest BCUT2D eigenvalue weighted by atomic mass is 16.4. The minimum absolute atomic E-state index is 0.0812. The molecule has 0 unspecified atom stereocenters. The van der Waals surface area contributed by atoms with Crippen molar-refractivity contribution in [1.29, 1.82) is 0 Å². The molecule has 0 saturated carbocycles. The van der Waals surface area contributed by atoms with Crippen LogP contribution < -0.4 is 5.32 Å². The molecule has 4 nitrogen and oxygen atoms in total. The first-order valence-corrected chi connectivity index (χ1v) is 5.66. The number of terminal acetylenes is 1. The summed E-state index contributed by atoms with van der Waals surface area (Å²) in [5.74, 6) is 1.37. The maximum absolute atomic E-state index is 11.3. The van der Waals surface area contributed by atoms with Gasteiger partial charge in [-0.05, 0) is 24.1 Å². The Labute approximate surface area is 106 Å². The molecular formula is C14H15NO3. The van der Waals surface area contributed by atoms with E-state index in [0.717, 1.165) is 5.56 Å². The molecule has 1 amide bonds. The Balaban J connectivity index is 2.40. The van der Waals surface area contributed by atoms with Crippen molar-refractivity contribution >= 4 is 11.9 Å². The molecule has 0 aromatic heterocycles. The van der Waals surface area contributed by atoms with Crippen LogP contribution in [0.4, 0.5) is 0 Å². The lowest BCUT2D eigenvalue weighted by atomic mass is 10.1. The van der Waals surface area contributed by atoms with E-state index in [1.54, 1.807) is 12.1 Å². The Morgan fingerprint density at radius 1 is 1.39 bits per heavy atom. The summed E-state index contributed by atoms with van der Waals surface area (Å²) in [6.07, 6.45) is 6.41. The van der Waals surface area contributed by atoms with E-state index in [1.807, 2.05) is 6.07 Å². The molecule has 18 heavy (non-hydrogen) atoms. The molecule has 4 heteroatoms. The summed E-state index contributed by atoms with van der Waals surface area (Å²) in [7, 11) is 0. The van der Waals surface area contributed by atoms with E-state index in [0.29, 0.717) is 25.8 Å². The summed E-state index contributed by atoms with van der Waals surface area (Å²) in [6, 6.07) is 6.67. The minimum atomic E-state index is -0.949. The van der Waals surface area contributed by atoms with Gasteiger partial charge < -0.3 is 10.4 Å². The van der Waals surface area contributed by atoms with Crippen molar-refractivity contribution in [1.82, 2.24) is 5.32 Å². The molecule has 0 bridgehead atoms. The molecule has 0 heterocycles. The Bertz CT molecular complexity index is 474. The summed E-state index contributed by atoms with van der Waals surface area (Å²) in [5.41, 5.74) is 1.14. The van der Waals surface area contributed by atoms with Crippen molar-refractivity contribution in [2.24, 2.45) is 0 Å². The lowest BCUT2D eigenvalue weighted by Gasteiger charge is -2.05. The van der Waals surface area contributed by atoms with Gasteiger partial charge in [-0.3, -0.25) is 4.79 Å². The fraction of sp³-hybridized carbons (Fsp3) is 0.286. The number of rotatable bonds is 6. The van der Waals surface area contributed by atoms with E-state index in [9.17, 15) is 9.59 Å². The average Bonchev–Trinajstić information content (AvgIpc) is 2.36. The van der Waals surface area contributed by atoms with E-state index in [4.69, 9.17) is 11.5 Å². The number of carboxylic acid groups (broad SMARTS) is 1. The molecule has 0 spiro atoms. The van der Waals surface area contributed by atoms with Crippen molar-refractivity contribution < 1.29 is 14.7 Å². The zero-order valence-corrected chi connectivity index (χ0v) is 9.98.